The summed E-state index contributed by atoms with van der Waals surface area (Å²) in [6, 6.07) is -0.340. The predicted molar refractivity (Wildman–Crippen MR) is 83.1 cm³/mol. The Bertz CT molecular complexity index is 458. The lowest BCUT2D eigenvalue weighted by Gasteiger charge is -2.30. The highest BCUT2D eigenvalue weighted by atomic mass is 32.2. The fourth-order valence-electron chi connectivity index (χ4n) is 2.98. The molecular formula is C14H27N3O3S. The Morgan fingerprint density at radius 1 is 1.29 bits per heavy atom. The largest absolute Gasteiger partial charge is 0.337 e. The van der Waals surface area contributed by atoms with Crippen LogP contribution in [0.25, 0.3) is 0 Å². The van der Waals surface area contributed by atoms with Gasteiger partial charge >= 0.3 is 6.03 Å². The highest BCUT2D eigenvalue weighted by Crippen LogP contribution is 2.17. The van der Waals surface area contributed by atoms with Crippen molar-refractivity contribution in [3.8, 4) is 0 Å². The molecular weight excluding hydrogens is 290 g/mol. The van der Waals surface area contributed by atoms with Gasteiger partial charge < -0.3 is 15.1 Å². The monoisotopic (exact) mass is 317 g/mol. The SMILES string of the molecule is CC1CCN(CCNC(=O)N(C)[C@H]2CCS(=O)(=O)C2)CC1. The van der Waals surface area contributed by atoms with Gasteiger partial charge in [0, 0.05) is 26.2 Å². The molecule has 0 aliphatic carbocycles. The standard InChI is InChI=1S/C14H27N3O3S/c1-12-3-7-17(8-4-12)9-6-15-14(18)16(2)13-5-10-21(19,20)11-13/h12-13H,3-11H2,1-2H3,(H,15,18)/t13-/m0/s1. The zero-order valence-electron chi connectivity index (χ0n) is 13.0. The quantitative estimate of drug-likeness (QED) is 0.822. The predicted octanol–water partition coefficient (Wildman–Crippen LogP) is 0.547. The highest BCUT2D eigenvalue weighted by Gasteiger charge is 2.32. The van der Waals surface area contributed by atoms with Gasteiger partial charge in [0.05, 0.1) is 11.5 Å². The number of likely N-dealkylation sites (tertiary alicyclic amines) is 1. The van der Waals surface area contributed by atoms with Gasteiger partial charge in [0.15, 0.2) is 9.84 Å². The van der Waals surface area contributed by atoms with Crippen molar-refractivity contribution in [3.63, 3.8) is 0 Å². The fourth-order valence-corrected chi connectivity index (χ4v) is 4.75. The van der Waals surface area contributed by atoms with Crippen molar-refractivity contribution in [1.29, 1.82) is 0 Å². The summed E-state index contributed by atoms with van der Waals surface area (Å²) in [5.74, 6) is 1.11. The van der Waals surface area contributed by atoms with Crippen molar-refractivity contribution in [2.75, 3.05) is 44.7 Å². The lowest BCUT2D eigenvalue weighted by Crippen LogP contribution is -2.46. The summed E-state index contributed by atoms with van der Waals surface area (Å²) in [5, 5.41) is 2.90. The number of piperidine rings is 1. The third-order valence-corrected chi connectivity index (χ3v) is 6.41. The Hall–Kier alpha value is -0.820. The van der Waals surface area contributed by atoms with Crippen molar-refractivity contribution in [1.82, 2.24) is 15.1 Å². The van der Waals surface area contributed by atoms with Crippen LogP contribution in [0.1, 0.15) is 26.2 Å². The summed E-state index contributed by atoms with van der Waals surface area (Å²) in [4.78, 5) is 16.0. The average molecular weight is 317 g/mol. The van der Waals surface area contributed by atoms with Crippen LogP contribution in [0, 0.1) is 5.92 Å². The minimum Gasteiger partial charge on any atom is -0.337 e. The van der Waals surface area contributed by atoms with Crippen molar-refractivity contribution < 1.29 is 13.2 Å². The third kappa shape index (κ3) is 4.85. The van der Waals surface area contributed by atoms with Crippen molar-refractivity contribution >= 4 is 15.9 Å². The lowest BCUT2D eigenvalue weighted by molar-refractivity contribution is 0.180. The molecule has 1 atom stereocenters. The molecule has 7 heteroatoms. The number of nitrogens with zero attached hydrogens (tertiary/aromatic N) is 2. The zero-order chi connectivity index (χ0) is 15.5. The Balaban J connectivity index is 1.67. The van der Waals surface area contributed by atoms with E-state index in [0.29, 0.717) is 13.0 Å². The maximum absolute atomic E-state index is 12.0. The first kappa shape index (κ1) is 16.5. The number of amides is 2. The molecule has 2 aliphatic rings. The molecule has 2 heterocycles. The minimum absolute atomic E-state index is 0.0981. The van der Waals surface area contributed by atoms with Gasteiger partial charge in [-0.25, -0.2) is 13.2 Å². The number of urea groups is 1. The van der Waals surface area contributed by atoms with Gasteiger partial charge in [-0.3, -0.25) is 0 Å². The second kappa shape index (κ2) is 6.96. The number of hydrogen-bond acceptors (Lipinski definition) is 4. The van der Waals surface area contributed by atoms with Crippen LogP contribution in [0.15, 0.2) is 0 Å². The third-order valence-electron chi connectivity index (χ3n) is 4.66. The minimum atomic E-state index is -2.95. The Kier molecular flexibility index (Phi) is 5.48. The first-order chi connectivity index (χ1) is 9.87. The van der Waals surface area contributed by atoms with Gasteiger partial charge in [-0.15, -0.1) is 0 Å². The Morgan fingerprint density at radius 2 is 1.95 bits per heavy atom. The molecule has 0 spiro atoms. The molecule has 0 unspecified atom stereocenters. The molecule has 2 aliphatic heterocycles. The number of hydrogen-bond donors (Lipinski definition) is 1. The van der Waals surface area contributed by atoms with Crippen LogP contribution >= 0.6 is 0 Å². The molecule has 122 valence electrons. The first-order valence-electron chi connectivity index (χ1n) is 7.81. The van der Waals surface area contributed by atoms with Gasteiger partial charge in [0.25, 0.3) is 0 Å². The maximum Gasteiger partial charge on any atom is 0.317 e. The number of sulfone groups is 1. The highest BCUT2D eigenvalue weighted by molar-refractivity contribution is 7.91. The average Bonchev–Trinajstić information content (AvgIpc) is 2.80. The number of rotatable bonds is 4. The van der Waals surface area contributed by atoms with E-state index in [9.17, 15) is 13.2 Å². The molecule has 2 saturated heterocycles. The summed E-state index contributed by atoms with van der Waals surface area (Å²) in [6.45, 7) is 5.98. The van der Waals surface area contributed by atoms with Crippen LogP contribution in [0.2, 0.25) is 0 Å². The van der Waals surface area contributed by atoms with Gasteiger partial charge in [0.1, 0.15) is 0 Å². The molecule has 1 N–H and O–H groups in total. The van der Waals surface area contributed by atoms with Crippen LogP contribution in [0.5, 0.6) is 0 Å². The first-order valence-corrected chi connectivity index (χ1v) is 9.63. The van der Waals surface area contributed by atoms with Crippen molar-refractivity contribution in [2.24, 2.45) is 5.92 Å². The van der Waals surface area contributed by atoms with Crippen molar-refractivity contribution in [2.45, 2.75) is 32.2 Å². The van der Waals surface area contributed by atoms with E-state index in [4.69, 9.17) is 0 Å². The van der Waals surface area contributed by atoms with E-state index < -0.39 is 9.84 Å². The second-order valence-electron chi connectivity index (χ2n) is 6.42. The van der Waals surface area contributed by atoms with Crippen LogP contribution in [-0.2, 0) is 9.84 Å². The molecule has 0 saturated carbocycles. The topological polar surface area (TPSA) is 69.7 Å². The maximum atomic E-state index is 12.0. The van der Waals surface area contributed by atoms with Crippen molar-refractivity contribution in [3.05, 3.63) is 0 Å². The second-order valence-corrected chi connectivity index (χ2v) is 8.65. The molecule has 6 nitrogen and oxygen atoms in total. The number of nitrogens with one attached hydrogen (secondary N) is 1. The summed E-state index contributed by atoms with van der Waals surface area (Å²) in [7, 11) is -1.26. The molecule has 0 aromatic heterocycles. The van der Waals surface area contributed by atoms with Gasteiger partial charge in [-0.1, -0.05) is 6.92 Å². The van der Waals surface area contributed by atoms with E-state index in [-0.39, 0.29) is 23.6 Å². The van der Waals surface area contributed by atoms with Crippen LogP contribution in [0.3, 0.4) is 0 Å². The van der Waals surface area contributed by atoms with Crippen LogP contribution < -0.4 is 5.32 Å². The summed E-state index contributed by atoms with van der Waals surface area (Å²) >= 11 is 0. The smallest absolute Gasteiger partial charge is 0.317 e. The molecule has 2 fully saturated rings. The van der Waals surface area contributed by atoms with E-state index in [1.54, 1.807) is 11.9 Å². The number of carbonyl (C=O) groups is 1. The van der Waals surface area contributed by atoms with Gasteiger partial charge in [-0.05, 0) is 38.3 Å². The van der Waals surface area contributed by atoms with Crippen LogP contribution in [0.4, 0.5) is 4.79 Å². The molecule has 2 rings (SSSR count). The lowest BCUT2D eigenvalue weighted by atomic mass is 9.99. The number of carbonyl (C=O) groups excluding carboxylic acids is 1. The van der Waals surface area contributed by atoms with E-state index in [1.807, 2.05) is 0 Å². The molecule has 0 bridgehead atoms. The molecule has 0 aromatic rings. The summed E-state index contributed by atoms with van der Waals surface area (Å²) in [5.41, 5.74) is 0. The molecule has 21 heavy (non-hydrogen) atoms. The Morgan fingerprint density at radius 3 is 2.52 bits per heavy atom. The normalized spacial score (nSPS) is 26.7. The Labute approximate surface area is 127 Å². The molecule has 2 amide bonds. The van der Waals surface area contributed by atoms with Crippen LogP contribution in [-0.4, -0.2) is 75.0 Å². The van der Waals surface area contributed by atoms with E-state index >= 15 is 0 Å². The van der Waals surface area contributed by atoms with E-state index in [0.717, 1.165) is 25.6 Å². The zero-order valence-corrected chi connectivity index (χ0v) is 13.9. The van der Waals surface area contributed by atoms with E-state index in [1.165, 1.54) is 12.8 Å². The van der Waals surface area contributed by atoms with Gasteiger partial charge in [-0.2, -0.15) is 0 Å². The van der Waals surface area contributed by atoms with E-state index in [2.05, 4.69) is 17.1 Å². The van der Waals surface area contributed by atoms with Gasteiger partial charge in [0.2, 0.25) is 0 Å². The summed E-state index contributed by atoms with van der Waals surface area (Å²) < 4.78 is 22.9. The summed E-state index contributed by atoms with van der Waals surface area (Å²) in [6.07, 6.45) is 3.01. The fraction of sp³-hybridized carbons (Fsp3) is 0.929. The molecule has 0 radical (unpaired) electrons. The molecule has 0 aromatic carbocycles.